The maximum absolute atomic E-state index is 13.1. The number of hydrogen-bond donors (Lipinski definition) is 3. The van der Waals surface area contributed by atoms with Crippen molar-refractivity contribution in [3.8, 4) is 0 Å². The predicted octanol–water partition coefficient (Wildman–Crippen LogP) is 3.62. The molecular formula is C19H16FN7O2. The molecule has 3 N–H and O–H groups in total. The number of nitrogens with zero attached hydrogens (tertiary/aromatic N) is 5. The molecule has 29 heavy (non-hydrogen) atoms. The Morgan fingerprint density at radius 1 is 1.24 bits per heavy atom. The Kier molecular flexibility index (Phi) is 4.73. The number of carbonyl (C=O) groups is 1. The van der Waals surface area contributed by atoms with E-state index in [0.717, 1.165) is 28.2 Å². The average molecular weight is 393 g/mol. The summed E-state index contributed by atoms with van der Waals surface area (Å²) in [6, 6.07) is 11.6. The van der Waals surface area contributed by atoms with Gasteiger partial charge in [0.1, 0.15) is 17.5 Å². The Morgan fingerprint density at radius 3 is 2.76 bits per heavy atom. The van der Waals surface area contributed by atoms with E-state index in [4.69, 9.17) is 0 Å². The van der Waals surface area contributed by atoms with Crippen molar-refractivity contribution in [3.63, 3.8) is 0 Å². The molecule has 0 radical (unpaired) electrons. The summed E-state index contributed by atoms with van der Waals surface area (Å²) < 4.78 is 13.1. The first kappa shape index (κ1) is 18.3. The van der Waals surface area contributed by atoms with Crippen LogP contribution < -0.4 is 10.2 Å². The molecule has 0 fully saturated rings. The van der Waals surface area contributed by atoms with Gasteiger partial charge in [0.25, 0.3) is 0 Å². The molecule has 4 aromatic rings. The van der Waals surface area contributed by atoms with E-state index in [-0.39, 0.29) is 18.2 Å². The molecule has 0 atom stereocenters. The van der Waals surface area contributed by atoms with Gasteiger partial charge in [-0.25, -0.2) is 24.1 Å². The van der Waals surface area contributed by atoms with Crippen molar-refractivity contribution in [3.05, 3.63) is 66.0 Å². The van der Waals surface area contributed by atoms with E-state index < -0.39 is 11.9 Å². The lowest BCUT2D eigenvalue weighted by molar-refractivity contribution is 0.201. The van der Waals surface area contributed by atoms with E-state index in [1.807, 2.05) is 37.3 Å². The summed E-state index contributed by atoms with van der Waals surface area (Å²) in [6.45, 7) is 1.72. The molecule has 3 aromatic heterocycles. The van der Waals surface area contributed by atoms with Crippen LogP contribution in [0.15, 0.2) is 48.7 Å². The molecule has 3 heterocycles. The molecule has 0 spiro atoms. The van der Waals surface area contributed by atoms with Crippen molar-refractivity contribution in [2.45, 2.75) is 13.5 Å². The fourth-order valence-corrected chi connectivity index (χ4v) is 2.81. The lowest BCUT2D eigenvalue weighted by Gasteiger charge is -2.18. The number of nitrogens with one attached hydrogen (secondary N) is 2. The van der Waals surface area contributed by atoms with Crippen LogP contribution in [0.1, 0.15) is 11.5 Å². The fraction of sp³-hybridized carbons (Fsp3) is 0.105. The quantitative estimate of drug-likeness (QED) is 0.474. The maximum atomic E-state index is 13.1. The van der Waals surface area contributed by atoms with Gasteiger partial charge in [-0.3, -0.25) is 10.00 Å². The number of halogens is 1. The molecule has 1 amide bonds. The second-order valence-electron chi connectivity index (χ2n) is 6.27. The van der Waals surface area contributed by atoms with Crippen molar-refractivity contribution >= 4 is 34.4 Å². The first-order valence-corrected chi connectivity index (χ1v) is 8.66. The number of aromatic nitrogens is 5. The first-order chi connectivity index (χ1) is 14.0. The maximum Gasteiger partial charge on any atom is 0.413 e. The lowest BCUT2D eigenvalue weighted by atomic mass is 10.2. The topological polar surface area (TPSA) is 120 Å². The third-order valence-corrected chi connectivity index (χ3v) is 4.12. The van der Waals surface area contributed by atoms with Gasteiger partial charge in [-0.2, -0.15) is 5.10 Å². The average Bonchev–Trinajstić information content (AvgIpc) is 3.11. The third-order valence-electron chi connectivity index (χ3n) is 4.12. The second kappa shape index (κ2) is 7.50. The second-order valence-corrected chi connectivity index (χ2v) is 6.27. The van der Waals surface area contributed by atoms with E-state index >= 15 is 0 Å². The van der Waals surface area contributed by atoms with Gasteiger partial charge >= 0.3 is 6.09 Å². The van der Waals surface area contributed by atoms with Gasteiger partial charge in [0.15, 0.2) is 11.6 Å². The smallest absolute Gasteiger partial charge is 0.413 e. The molecule has 10 heteroatoms. The molecule has 0 saturated heterocycles. The number of aromatic amines is 1. The highest BCUT2D eigenvalue weighted by Gasteiger charge is 2.19. The molecule has 146 valence electrons. The summed E-state index contributed by atoms with van der Waals surface area (Å²) in [4.78, 5) is 25.5. The van der Waals surface area contributed by atoms with Crippen LogP contribution in [0.3, 0.4) is 0 Å². The minimum atomic E-state index is -1.25. The summed E-state index contributed by atoms with van der Waals surface area (Å²) in [6.07, 6.45) is -0.294. The molecule has 0 aliphatic heterocycles. The molecule has 0 aliphatic rings. The van der Waals surface area contributed by atoms with Crippen molar-refractivity contribution in [2.24, 2.45) is 0 Å². The Bertz CT molecular complexity index is 1180. The predicted molar refractivity (Wildman–Crippen MR) is 105 cm³/mol. The molecule has 0 bridgehead atoms. The zero-order valence-electron chi connectivity index (χ0n) is 15.3. The van der Waals surface area contributed by atoms with E-state index in [1.165, 1.54) is 6.07 Å². The molecule has 1 aromatic carbocycles. The van der Waals surface area contributed by atoms with Crippen LogP contribution in [0.25, 0.3) is 10.9 Å². The SMILES string of the molecule is Cc1cc(Nc2nc(CN(C(=O)O)c3ccc(F)cn3)nc3ccccc23)n[nH]1. The Morgan fingerprint density at radius 2 is 2.07 bits per heavy atom. The van der Waals surface area contributed by atoms with Gasteiger partial charge in [0.2, 0.25) is 0 Å². The van der Waals surface area contributed by atoms with Crippen LogP contribution in [0.4, 0.5) is 26.6 Å². The van der Waals surface area contributed by atoms with Gasteiger partial charge in [-0.1, -0.05) is 12.1 Å². The van der Waals surface area contributed by atoms with E-state index in [0.29, 0.717) is 17.2 Å². The number of benzene rings is 1. The monoisotopic (exact) mass is 393 g/mol. The Labute approximate surface area is 164 Å². The van der Waals surface area contributed by atoms with Gasteiger partial charge in [-0.15, -0.1) is 0 Å². The number of fused-ring (bicyclic) bond motifs is 1. The Hall–Kier alpha value is -4.08. The zero-order chi connectivity index (χ0) is 20.4. The number of amides is 1. The molecule has 0 unspecified atom stereocenters. The number of rotatable bonds is 5. The normalized spacial score (nSPS) is 10.8. The van der Waals surface area contributed by atoms with Gasteiger partial charge < -0.3 is 10.4 Å². The van der Waals surface area contributed by atoms with Crippen molar-refractivity contribution in [1.82, 2.24) is 25.1 Å². The number of hydrogen-bond acceptors (Lipinski definition) is 6. The largest absolute Gasteiger partial charge is 0.465 e. The van der Waals surface area contributed by atoms with Crippen LogP contribution in [0, 0.1) is 12.7 Å². The molecule has 0 saturated carbocycles. The van der Waals surface area contributed by atoms with Crippen LogP contribution in [0.2, 0.25) is 0 Å². The van der Waals surface area contributed by atoms with Crippen molar-refractivity contribution < 1.29 is 14.3 Å². The number of aryl methyl sites for hydroxylation is 1. The fourth-order valence-electron chi connectivity index (χ4n) is 2.81. The minimum Gasteiger partial charge on any atom is -0.465 e. The number of H-pyrrole nitrogens is 1. The highest BCUT2D eigenvalue weighted by Crippen LogP contribution is 2.24. The molecule has 0 aliphatic carbocycles. The van der Waals surface area contributed by atoms with E-state index in [2.05, 4.69) is 30.5 Å². The van der Waals surface area contributed by atoms with Crippen LogP contribution in [-0.2, 0) is 6.54 Å². The third kappa shape index (κ3) is 3.95. The van der Waals surface area contributed by atoms with Crippen molar-refractivity contribution in [1.29, 1.82) is 0 Å². The minimum absolute atomic E-state index is 0.0769. The lowest BCUT2D eigenvalue weighted by Crippen LogP contribution is -2.30. The highest BCUT2D eigenvalue weighted by atomic mass is 19.1. The van der Waals surface area contributed by atoms with Crippen LogP contribution in [-0.4, -0.2) is 36.3 Å². The summed E-state index contributed by atoms with van der Waals surface area (Å²) in [5, 5.41) is 20.5. The number of anilines is 3. The first-order valence-electron chi connectivity index (χ1n) is 8.66. The van der Waals surface area contributed by atoms with E-state index in [1.54, 1.807) is 0 Å². The van der Waals surface area contributed by atoms with Gasteiger partial charge in [0, 0.05) is 17.1 Å². The summed E-state index contributed by atoms with van der Waals surface area (Å²) in [5.74, 6) is 0.851. The molecule has 9 nitrogen and oxygen atoms in total. The highest BCUT2D eigenvalue weighted by molar-refractivity contribution is 5.90. The van der Waals surface area contributed by atoms with Crippen LogP contribution >= 0.6 is 0 Å². The summed E-state index contributed by atoms with van der Waals surface area (Å²) in [5.41, 5.74) is 1.52. The Balaban J connectivity index is 1.72. The standard InChI is InChI=1S/C19H16FN7O2/c1-11-8-15(26-25-11)23-18-13-4-2-3-5-14(13)22-16(24-18)10-27(19(28)29)17-7-6-12(20)9-21-17/h2-9H,10H2,1H3,(H,28,29)(H2,22,23,24,25,26). The molecule has 4 rings (SSSR count). The summed E-state index contributed by atoms with van der Waals surface area (Å²) >= 11 is 0. The number of pyridine rings is 1. The number of para-hydroxylation sites is 1. The van der Waals surface area contributed by atoms with Gasteiger partial charge in [0.05, 0.1) is 18.3 Å². The number of carboxylic acid groups (broad SMARTS) is 1. The van der Waals surface area contributed by atoms with E-state index in [9.17, 15) is 14.3 Å². The van der Waals surface area contributed by atoms with Crippen molar-refractivity contribution in [2.75, 3.05) is 10.2 Å². The molecular weight excluding hydrogens is 377 g/mol. The summed E-state index contributed by atoms with van der Waals surface area (Å²) in [7, 11) is 0. The van der Waals surface area contributed by atoms with Gasteiger partial charge in [-0.05, 0) is 31.2 Å². The zero-order valence-corrected chi connectivity index (χ0v) is 15.3. The van der Waals surface area contributed by atoms with Crippen LogP contribution in [0.5, 0.6) is 0 Å².